The smallest absolute Gasteiger partial charge is 0.0369 e. The molecule has 1 fully saturated rings. The molecule has 1 aliphatic rings. The number of unbranched alkanes of at least 4 members (excludes halogenated alkanes) is 2. The maximum absolute atomic E-state index is 2.62. The molecule has 1 heterocycles. The maximum atomic E-state index is 2.62. The number of hydrogen-bond acceptors (Lipinski definition) is 2. The molecule has 0 amide bonds. The lowest BCUT2D eigenvalue weighted by molar-refractivity contribution is 0.252. The van der Waals surface area contributed by atoms with E-state index in [1.807, 2.05) is 13.8 Å². The molecule has 0 aliphatic carbocycles. The molecule has 120 valence electrons. The second kappa shape index (κ2) is 9.83. The van der Waals surface area contributed by atoms with Crippen LogP contribution in [0.3, 0.4) is 0 Å². The minimum absolute atomic E-state index is 1.18. The Morgan fingerprint density at radius 3 is 2.14 bits per heavy atom. The lowest BCUT2D eigenvalue weighted by atomic mass is 10.1. The molecule has 0 aromatic heterocycles. The first-order valence-corrected chi connectivity index (χ1v) is 8.75. The Morgan fingerprint density at radius 2 is 1.57 bits per heavy atom. The summed E-state index contributed by atoms with van der Waals surface area (Å²) < 4.78 is 0. The largest absolute Gasteiger partial charge is 0.369 e. The van der Waals surface area contributed by atoms with Gasteiger partial charge in [0.25, 0.3) is 0 Å². The molecule has 0 unspecified atom stereocenters. The first-order chi connectivity index (χ1) is 10.2. The van der Waals surface area contributed by atoms with Crippen molar-refractivity contribution in [2.75, 3.05) is 37.6 Å². The highest BCUT2D eigenvalue weighted by Gasteiger charge is 2.16. The summed E-state index contributed by atoms with van der Waals surface area (Å²) in [5.74, 6) is 0. The Hall–Kier alpha value is -1.02. The van der Waals surface area contributed by atoms with Crippen LogP contribution in [0.2, 0.25) is 0 Å². The Balaban J connectivity index is 0.00000106. The molecule has 0 saturated carbocycles. The third-order valence-electron chi connectivity index (χ3n) is 4.31. The first kappa shape index (κ1) is 18.0. The first-order valence-electron chi connectivity index (χ1n) is 8.75. The predicted octanol–water partition coefficient (Wildman–Crippen LogP) is 4.64. The van der Waals surface area contributed by atoms with Gasteiger partial charge in [-0.05, 0) is 50.1 Å². The highest BCUT2D eigenvalue weighted by molar-refractivity contribution is 5.50. The van der Waals surface area contributed by atoms with Gasteiger partial charge in [-0.15, -0.1) is 0 Å². The average Bonchev–Trinajstić information content (AvgIpc) is 2.53. The number of nitrogens with zero attached hydrogens (tertiary/aromatic N) is 2. The molecule has 2 nitrogen and oxygen atoms in total. The normalized spacial score (nSPS) is 15.6. The third kappa shape index (κ3) is 5.70. The third-order valence-corrected chi connectivity index (χ3v) is 4.31. The highest BCUT2D eigenvalue weighted by atomic mass is 15.3. The van der Waals surface area contributed by atoms with Crippen molar-refractivity contribution in [2.24, 2.45) is 0 Å². The Kier molecular flexibility index (Phi) is 8.44. The number of rotatable bonds is 5. The van der Waals surface area contributed by atoms with Crippen LogP contribution in [0.5, 0.6) is 0 Å². The number of hydrogen-bond donors (Lipinski definition) is 0. The summed E-state index contributed by atoms with van der Waals surface area (Å²) in [6, 6.07) is 6.86. The molecular weight excluding hydrogens is 256 g/mol. The van der Waals surface area contributed by atoms with Crippen LogP contribution in [-0.4, -0.2) is 37.6 Å². The van der Waals surface area contributed by atoms with E-state index in [0.29, 0.717) is 0 Å². The van der Waals surface area contributed by atoms with Gasteiger partial charge in [-0.2, -0.15) is 0 Å². The van der Waals surface area contributed by atoms with E-state index in [0.717, 1.165) is 0 Å². The molecule has 21 heavy (non-hydrogen) atoms. The molecular formula is C19H34N2. The van der Waals surface area contributed by atoms with Crippen molar-refractivity contribution in [3.63, 3.8) is 0 Å². The van der Waals surface area contributed by atoms with E-state index in [9.17, 15) is 0 Å². The van der Waals surface area contributed by atoms with E-state index < -0.39 is 0 Å². The fourth-order valence-corrected chi connectivity index (χ4v) is 2.74. The van der Waals surface area contributed by atoms with Gasteiger partial charge in [-0.25, -0.2) is 0 Å². The average molecular weight is 290 g/mol. The van der Waals surface area contributed by atoms with E-state index in [2.05, 4.69) is 48.8 Å². The molecule has 0 spiro atoms. The summed E-state index contributed by atoms with van der Waals surface area (Å²) in [7, 11) is 0. The SMILES string of the molecule is CC.CCCCCN1CCN(c2ccc(C)c(C)c2)CC1. The molecule has 0 N–H and O–H groups in total. The molecule has 0 radical (unpaired) electrons. The van der Waals surface area contributed by atoms with Crippen molar-refractivity contribution in [3.05, 3.63) is 29.3 Å². The van der Waals surface area contributed by atoms with Gasteiger partial charge >= 0.3 is 0 Å². The molecule has 2 rings (SSSR count). The fourth-order valence-electron chi connectivity index (χ4n) is 2.74. The quantitative estimate of drug-likeness (QED) is 0.729. The minimum atomic E-state index is 1.18. The van der Waals surface area contributed by atoms with Crippen molar-refractivity contribution in [1.82, 2.24) is 4.90 Å². The van der Waals surface area contributed by atoms with E-state index in [-0.39, 0.29) is 0 Å². The van der Waals surface area contributed by atoms with Crippen molar-refractivity contribution in [1.29, 1.82) is 0 Å². The Bertz CT molecular complexity index is 393. The second-order valence-electron chi connectivity index (χ2n) is 5.80. The number of piperazine rings is 1. The number of anilines is 1. The zero-order valence-corrected chi connectivity index (χ0v) is 14.8. The van der Waals surface area contributed by atoms with Gasteiger partial charge in [-0.3, -0.25) is 4.90 Å². The van der Waals surface area contributed by atoms with Gasteiger partial charge in [0.05, 0.1) is 0 Å². The van der Waals surface area contributed by atoms with E-state index in [4.69, 9.17) is 0 Å². The van der Waals surface area contributed by atoms with Crippen molar-refractivity contribution in [3.8, 4) is 0 Å². The summed E-state index contributed by atoms with van der Waals surface area (Å²) >= 11 is 0. The van der Waals surface area contributed by atoms with Crippen LogP contribution in [0.15, 0.2) is 18.2 Å². The van der Waals surface area contributed by atoms with Crippen molar-refractivity contribution < 1.29 is 0 Å². The van der Waals surface area contributed by atoms with Gasteiger partial charge in [0.1, 0.15) is 0 Å². The lowest BCUT2D eigenvalue weighted by Crippen LogP contribution is -2.46. The Labute approximate surface area is 132 Å². The highest BCUT2D eigenvalue weighted by Crippen LogP contribution is 2.20. The summed E-state index contributed by atoms with van der Waals surface area (Å²) in [5, 5.41) is 0. The van der Waals surface area contributed by atoms with Crippen LogP contribution in [0.1, 0.15) is 51.2 Å². The van der Waals surface area contributed by atoms with Crippen LogP contribution in [0.25, 0.3) is 0 Å². The minimum Gasteiger partial charge on any atom is -0.369 e. The van der Waals surface area contributed by atoms with Gasteiger partial charge in [0, 0.05) is 31.9 Å². The summed E-state index contributed by atoms with van der Waals surface area (Å²) in [6.07, 6.45) is 4.06. The van der Waals surface area contributed by atoms with Crippen LogP contribution < -0.4 is 4.90 Å². The van der Waals surface area contributed by atoms with Crippen LogP contribution in [0.4, 0.5) is 5.69 Å². The molecule has 0 atom stereocenters. The predicted molar refractivity (Wildman–Crippen MR) is 95.4 cm³/mol. The summed E-state index contributed by atoms with van der Waals surface area (Å²) in [6.45, 7) is 16.7. The lowest BCUT2D eigenvalue weighted by Gasteiger charge is -2.36. The van der Waals surface area contributed by atoms with Gasteiger partial charge in [0.2, 0.25) is 0 Å². The number of benzene rings is 1. The molecule has 2 heteroatoms. The van der Waals surface area contributed by atoms with Gasteiger partial charge in [0.15, 0.2) is 0 Å². The molecule has 1 saturated heterocycles. The van der Waals surface area contributed by atoms with Crippen LogP contribution in [-0.2, 0) is 0 Å². The van der Waals surface area contributed by atoms with E-state index in [1.165, 1.54) is 68.8 Å². The fraction of sp³-hybridized carbons (Fsp3) is 0.684. The second-order valence-corrected chi connectivity index (χ2v) is 5.80. The Morgan fingerprint density at radius 1 is 0.905 bits per heavy atom. The van der Waals surface area contributed by atoms with Crippen molar-refractivity contribution in [2.45, 2.75) is 53.9 Å². The van der Waals surface area contributed by atoms with Crippen LogP contribution >= 0.6 is 0 Å². The summed E-state index contributed by atoms with van der Waals surface area (Å²) in [4.78, 5) is 5.15. The summed E-state index contributed by atoms with van der Waals surface area (Å²) in [5.41, 5.74) is 4.20. The van der Waals surface area contributed by atoms with Gasteiger partial charge in [-0.1, -0.05) is 39.7 Å². The number of aryl methyl sites for hydroxylation is 2. The van der Waals surface area contributed by atoms with Crippen molar-refractivity contribution >= 4 is 5.69 Å². The molecule has 0 bridgehead atoms. The standard InChI is InChI=1S/C17H28N2.C2H6/c1-4-5-6-9-18-10-12-19(13-11-18)17-8-7-15(2)16(3)14-17;1-2/h7-8,14H,4-6,9-13H2,1-3H3;1-2H3. The van der Waals surface area contributed by atoms with E-state index >= 15 is 0 Å². The van der Waals surface area contributed by atoms with E-state index in [1.54, 1.807) is 0 Å². The maximum Gasteiger partial charge on any atom is 0.0369 e. The molecule has 1 aliphatic heterocycles. The molecule has 1 aromatic rings. The zero-order chi connectivity index (χ0) is 15.7. The molecule has 1 aromatic carbocycles. The topological polar surface area (TPSA) is 6.48 Å². The van der Waals surface area contributed by atoms with Crippen LogP contribution in [0, 0.1) is 13.8 Å². The zero-order valence-electron chi connectivity index (χ0n) is 14.8. The monoisotopic (exact) mass is 290 g/mol. The van der Waals surface area contributed by atoms with Gasteiger partial charge < -0.3 is 4.90 Å².